The molecule has 1 aromatic carbocycles. The van der Waals surface area contributed by atoms with Gasteiger partial charge in [-0.25, -0.2) is 0 Å². The van der Waals surface area contributed by atoms with Gasteiger partial charge in [-0.2, -0.15) is 13.2 Å². The fourth-order valence-corrected chi connectivity index (χ4v) is 2.48. The first kappa shape index (κ1) is 19.6. The van der Waals surface area contributed by atoms with Crippen LogP contribution < -0.4 is 4.74 Å². The fourth-order valence-electron chi connectivity index (χ4n) is 2.07. The fraction of sp³-hybridized carbons (Fsp3) is 0.444. The lowest BCUT2D eigenvalue weighted by Gasteiger charge is -2.16. The number of aryl methyl sites for hydroxylation is 1. The van der Waals surface area contributed by atoms with Gasteiger partial charge < -0.3 is 4.74 Å². The third kappa shape index (κ3) is 6.30. The summed E-state index contributed by atoms with van der Waals surface area (Å²) in [4.78, 5) is 0. The maximum Gasteiger partial charge on any atom is 0.422 e. The highest BCUT2D eigenvalue weighted by Gasteiger charge is 2.29. The van der Waals surface area contributed by atoms with Crippen molar-refractivity contribution in [1.29, 1.82) is 0 Å². The number of rotatable bonds is 6. The van der Waals surface area contributed by atoms with Crippen LogP contribution in [0.1, 0.15) is 43.4 Å². The van der Waals surface area contributed by atoms with E-state index in [2.05, 4.69) is 6.92 Å². The molecular weight excluding hydrogens is 325 g/mol. The summed E-state index contributed by atoms with van der Waals surface area (Å²) in [6, 6.07) is 3.26. The van der Waals surface area contributed by atoms with Gasteiger partial charge in [0, 0.05) is 5.56 Å². The van der Waals surface area contributed by atoms with E-state index in [1.807, 2.05) is 26.8 Å². The summed E-state index contributed by atoms with van der Waals surface area (Å²) in [5, 5.41) is 0.383. The Morgan fingerprint density at radius 3 is 2.48 bits per heavy atom. The Balaban J connectivity index is 3.21. The summed E-state index contributed by atoms with van der Waals surface area (Å²) >= 11 is 6.37. The average molecular weight is 347 g/mol. The molecule has 0 unspecified atom stereocenters. The van der Waals surface area contributed by atoms with Crippen molar-refractivity contribution < 1.29 is 17.9 Å². The molecule has 1 aromatic rings. The second-order valence-electron chi connectivity index (χ2n) is 5.51. The molecule has 0 amide bonds. The zero-order chi connectivity index (χ0) is 17.6. The largest absolute Gasteiger partial charge is 0.483 e. The van der Waals surface area contributed by atoms with Crippen molar-refractivity contribution in [3.05, 3.63) is 46.5 Å². The number of halogens is 4. The molecule has 0 fully saturated rings. The summed E-state index contributed by atoms with van der Waals surface area (Å²) in [5.41, 5.74) is 3.25. The number of ether oxygens (including phenoxy) is 1. The molecule has 0 aliphatic heterocycles. The van der Waals surface area contributed by atoms with Crippen molar-refractivity contribution in [2.45, 2.75) is 46.7 Å². The molecule has 0 saturated carbocycles. The third-order valence-corrected chi connectivity index (χ3v) is 3.74. The number of hydrogen-bond donors (Lipinski definition) is 0. The lowest BCUT2D eigenvalue weighted by atomic mass is 10.0. The molecule has 1 nitrogen and oxygen atoms in total. The Hall–Kier alpha value is -1.42. The predicted molar refractivity (Wildman–Crippen MR) is 90.0 cm³/mol. The molecule has 0 bridgehead atoms. The molecule has 1 rings (SSSR count). The minimum absolute atomic E-state index is 0.148. The summed E-state index contributed by atoms with van der Waals surface area (Å²) in [6.45, 7) is 6.36. The van der Waals surface area contributed by atoms with Crippen LogP contribution in [-0.2, 0) is 0 Å². The number of allylic oxidation sites excluding steroid dienone is 3. The molecular formula is C18H22ClF3O. The lowest BCUT2D eigenvalue weighted by Crippen LogP contribution is -2.19. The molecule has 5 heteroatoms. The molecule has 0 spiro atoms. The normalized spacial score (nSPS) is 13.4. The molecule has 0 heterocycles. The van der Waals surface area contributed by atoms with Crippen LogP contribution in [-0.4, -0.2) is 12.8 Å². The van der Waals surface area contributed by atoms with Gasteiger partial charge >= 0.3 is 6.18 Å². The van der Waals surface area contributed by atoms with Crippen LogP contribution in [0.25, 0.3) is 5.03 Å². The molecule has 128 valence electrons. The minimum Gasteiger partial charge on any atom is -0.483 e. The van der Waals surface area contributed by atoms with E-state index in [0.717, 1.165) is 29.5 Å². The Morgan fingerprint density at radius 2 is 1.91 bits per heavy atom. The van der Waals surface area contributed by atoms with Gasteiger partial charge in [0.2, 0.25) is 0 Å². The predicted octanol–water partition coefficient (Wildman–Crippen LogP) is 6.57. The monoisotopic (exact) mass is 346 g/mol. The van der Waals surface area contributed by atoms with Crippen molar-refractivity contribution in [3.63, 3.8) is 0 Å². The summed E-state index contributed by atoms with van der Waals surface area (Å²) in [7, 11) is 0. The van der Waals surface area contributed by atoms with Gasteiger partial charge in [0.05, 0.1) is 5.03 Å². The van der Waals surface area contributed by atoms with Crippen molar-refractivity contribution in [2.75, 3.05) is 6.61 Å². The van der Waals surface area contributed by atoms with E-state index in [1.165, 1.54) is 6.07 Å². The second-order valence-corrected chi connectivity index (χ2v) is 5.92. The SMILES string of the molecule is CCC/C=C(C)/C=C(/Cl)c1c(OCC(F)(F)F)ccc(C)c1C. The number of alkyl halides is 3. The highest BCUT2D eigenvalue weighted by molar-refractivity contribution is 6.49. The molecule has 0 radical (unpaired) electrons. The first-order valence-electron chi connectivity index (χ1n) is 7.49. The summed E-state index contributed by atoms with van der Waals surface area (Å²) < 4.78 is 42.2. The maximum atomic E-state index is 12.4. The smallest absolute Gasteiger partial charge is 0.422 e. The van der Waals surface area contributed by atoms with Crippen molar-refractivity contribution in [3.8, 4) is 5.75 Å². The quantitative estimate of drug-likeness (QED) is 0.529. The molecule has 0 aliphatic rings. The van der Waals surface area contributed by atoms with Crippen LogP contribution in [0.4, 0.5) is 13.2 Å². The van der Waals surface area contributed by atoms with Crippen molar-refractivity contribution in [2.24, 2.45) is 0 Å². The van der Waals surface area contributed by atoms with E-state index in [0.29, 0.717) is 10.6 Å². The first-order chi connectivity index (χ1) is 10.7. The Bertz CT molecular complexity index is 601. The Kier molecular flexibility index (Phi) is 7.20. The van der Waals surface area contributed by atoms with Gasteiger partial charge in [-0.05, 0) is 50.5 Å². The highest BCUT2D eigenvalue weighted by Crippen LogP contribution is 2.35. The van der Waals surface area contributed by atoms with Gasteiger partial charge in [0.1, 0.15) is 5.75 Å². The summed E-state index contributed by atoms with van der Waals surface area (Å²) in [6.07, 6.45) is 1.37. The standard InChI is InChI=1S/C18H22ClF3O/c1-5-6-7-12(2)10-15(19)17-14(4)13(3)8-9-16(17)23-11-18(20,21)22/h7-10H,5-6,11H2,1-4H3/b12-7+,15-10+. The zero-order valence-corrected chi connectivity index (χ0v) is 14.6. The van der Waals surface area contributed by atoms with Crippen LogP contribution in [0, 0.1) is 13.8 Å². The lowest BCUT2D eigenvalue weighted by molar-refractivity contribution is -0.153. The van der Waals surface area contributed by atoms with E-state index in [-0.39, 0.29) is 5.75 Å². The van der Waals surface area contributed by atoms with Gasteiger partial charge in [-0.15, -0.1) is 0 Å². The van der Waals surface area contributed by atoms with E-state index in [1.54, 1.807) is 12.1 Å². The molecule has 0 aliphatic carbocycles. The Labute approximate surface area is 140 Å². The second kappa shape index (κ2) is 8.44. The number of hydrogen-bond acceptors (Lipinski definition) is 1. The molecule has 0 aromatic heterocycles. The highest BCUT2D eigenvalue weighted by atomic mass is 35.5. The van der Waals surface area contributed by atoms with Crippen LogP contribution >= 0.6 is 11.6 Å². The third-order valence-electron chi connectivity index (χ3n) is 3.44. The van der Waals surface area contributed by atoms with E-state index < -0.39 is 12.8 Å². The van der Waals surface area contributed by atoms with E-state index in [9.17, 15) is 13.2 Å². The summed E-state index contributed by atoms with van der Waals surface area (Å²) in [5.74, 6) is 0.148. The van der Waals surface area contributed by atoms with Crippen molar-refractivity contribution >= 4 is 16.6 Å². The first-order valence-corrected chi connectivity index (χ1v) is 7.87. The maximum absolute atomic E-state index is 12.4. The molecule has 0 N–H and O–H groups in total. The van der Waals surface area contributed by atoms with Crippen molar-refractivity contribution in [1.82, 2.24) is 0 Å². The minimum atomic E-state index is -4.39. The number of benzene rings is 1. The van der Waals surface area contributed by atoms with Gasteiger partial charge in [0.15, 0.2) is 6.61 Å². The topological polar surface area (TPSA) is 9.23 Å². The molecule has 0 saturated heterocycles. The van der Waals surface area contributed by atoms with Gasteiger partial charge in [0.25, 0.3) is 0 Å². The van der Waals surface area contributed by atoms with E-state index in [4.69, 9.17) is 16.3 Å². The van der Waals surface area contributed by atoms with Crippen LogP contribution in [0.5, 0.6) is 5.75 Å². The van der Waals surface area contributed by atoms with Crippen LogP contribution in [0.3, 0.4) is 0 Å². The average Bonchev–Trinajstić information content (AvgIpc) is 2.45. The van der Waals surface area contributed by atoms with Gasteiger partial charge in [-0.3, -0.25) is 0 Å². The number of unbranched alkanes of at least 4 members (excludes halogenated alkanes) is 1. The van der Waals surface area contributed by atoms with Crippen LogP contribution in [0.15, 0.2) is 29.9 Å². The Morgan fingerprint density at radius 1 is 1.26 bits per heavy atom. The van der Waals surface area contributed by atoms with Gasteiger partial charge in [-0.1, -0.05) is 42.7 Å². The van der Waals surface area contributed by atoms with E-state index >= 15 is 0 Å². The zero-order valence-electron chi connectivity index (χ0n) is 13.9. The van der Waals surface area contributed by atoms with Crippen LogP contribution in [0.2, 0.25) is 0 Å². The molecule has 0 atom stereocenters. The molecule has 23 heavy (non-hydrogen) atoms.